The van der Waals surface area contributed by atoms with Crippen molar-refractivity contribution in [1.29, 1.82) is 0 Å². The van der Waals surface area contributed by atoms with Crippen LogP contribution < -0.4 is 20.3 Å². The molecule has 0 unspecified atom stereocenters. The fraction of sp³-hybridized carbons (Fsp3) is 0.200. The van der Waals surface area contributed by atoms with Crippen LogP contribution in [0, 0.1) is 0 Å². The minimum Gasteiger partial charge on any atom is -0.489 e. The molecule has 0 heterocycles. The summed E-state index contributed by atoms with van der Waals surface area (Å²) in [7, 11) is 0. The molecule has 0 aliphatic rings. The molecule has 0 fully saturated rings. The van der Waals surface area contributed by atoms with E-state index in [2.05, 4.69) is 34.2 Å². The Morgan fingerprint density at radius 3 is 1.61 bits per heavy atom. The first kappa shape index (κ1) is 25.1. The Labute approximate surface area is 193 Å². The quantitative estimate of drug-likeness (QED) is 0.262. The molecule has 0 aliphatic heterocycles. The molecular formula is C25H28N4O4. The van der Waals surface area contributed by atoms with Crippen LogP contribution in [0.1, 0.15) is 30.4 Å². The Hall–Kier alpha value is -4.20. The van der Waals surface area contributed by atoms with Crippen LogP contribution in [0.4, 0.5) is 0 Å². The largest absolute Gasteiger partial charge is 0.489 e. The van der Waals surface area contributed by atoms with Gasteiger partial charge in [-0.15, -0.1) is 0 Å². The van der Waals surface area contributed by atoms with Gasteiger partial charge in [0, 0.05) is 24.0 Å². The van der Waals surface area contributed by atoms with E-state index >= 15 is 0 Å². The Morgan fingerprint density at radius 1 is 0.758 bits per heavy atom. The maximum atomic E-state index is 11.9. The van der Waals surface area contributed by atoms with Crippen molar-refractivity contribution in [2.75, 3.05) is 13.2 Å². The Morgan fingerprint density at radius 2 is 1.18 bits per heavy atom. The fourth-order valence-electron chi connectivity index (χ4n) is 2.60. The van der Waals surface area contributed by atoms with Gasteiger partial charge < -0.3 is 9.47 Å². The van der Waals surface area contributed by atoms with Crippen molar-refractivity contribution >= 4 is 24.2 Å². The first-order valence-electron chi connectivity index (χ1n) is 10.4. The number of carbonyl (C=O) groups is 2. The predicted octanol–water partition coefficient (Wildman–Crippen LogP) is 3.59. The Balaban J connectivity index is 1.71. The van der Waals surface area contributed by atoms with Crippen LogP contribution >= 0.6 is 0 Å². The van der Waals surface area contributed by atoms with Gasteiger partial charge in [0.2, 0.25) is 11.8 Å². The summed E-state index contributed by atoms with van der Waals surface area (Å²) in [5, 5.41) is 7.90. The van der Waals surface area contributed by atoms with Gasteiger partial charge in [0.25, 0.3) is 0 Å². The van der Waals surface area contributed by atoms with E-state index in [-0.39, 0.29) is 24.7 Å². The lowest BCUT2D eigenvalue weighted by molar-refractivity contribution is -0.122. The predicted molar refractivity (Wildman–Crippen MR) is 130 cm³/mol. The number of benzene rings is 2. The molecule has 0 saturated heterocycles. The minimum absolute atomic E-state index is 0.154. The highest BCUT2D eigenvalue weighted by Gasteiger charge is 2.05. The zero-order valence-corrected chi connectivity index (χ0v) is 18.4. The summed E-state index contributed by atoms with van der Waals surface area (Å²) < 4.78 is 11.1. The second-order valence-electron chi connectivity index (χ2n) is 6.71. The molecule has 2 rings (SSSR count). The second kappa shape index (κ2) is 14.7. The number of nitrogens with zero attached hydrogens (tertiary/aromatic N) is 2. The Bertz CT molecular complexity index is 922. The number of para-hydroxylation sites is 2. The fourth-order valence-corrected chi connectivity index (χ4v) is 2.60. The molecule has 2 aromatic rings. The van der Waals surface area contributed by atoms with Crippen molar-refractivity contribution < 1.29 is 19.1 Å². The molecule has 2 amide bonds. The van der Waals surface area contributed by atoms with E-state index < -0.39 is 0 Å². The van der Waals surface area contributed by atoms with Crippen LogP contribution in [0.3, 0.4) is 0 Å². The average molecular weight is 449 g/mol. The third kappa shape index (κ3) is 9.65. The average Bonchev–Trinajstić information content (AvgIpc) is 2.83. The summed E-state index contributed by atoms with van der Waals surface area (Å²) in [5.41, 5.74) is 6.36. The van der Waals surface area contributed by atoms with Gasteiger partial charge in [-0.05, 0) is 30.7 Å². The van der Waals surface area contributed by atoms with E-state index in [1.165, 1.54) is 12.4 Å². The summed E-state index contributed by atoms with van der Waals surface area (Å²) in [6.07, 6.45) is 6.98. The Kier molecular flexibility index (Phi) is 11.2. The molecule has 0 radical (unpaired) electrons. The summed E-state index contributed by atoms with van der Waals surface area (Å²) in [6, 6.07) is 14.6. The summed E-state index contributed by atoms with van der Waals surface area (Å²) in [4.78, 5) is 23.9. The summed E-state index contributed by atoms with van der Waals surface area (Å²) in [6.45, 7) is 7.98. The van der Waals surface area contributed by atoms with Crippen LogP contribution in [0.25, 0.3) is 0 Å². The van der Waals surface area contributed by atoms with Crippen LogP contribution in [-0.2, 0) is 9.59 Å². The molecule has 0 bridgehead atoms. The number of hydrogen-bond acceptors (Lipinski definition) is 6. The lowest BCUT2D eigenvalue weighted by Crippen LogP contribution is -2.20. The summed E-state index contributed by atoms with van der Waals surface area (Å²) >= 11 is 0. The monoisotopic (exact) mass is 448 g/mol. The van der Waals surface area contributed by atoms with Gasteiger partial charge in [-0.2, -0.15) is 10.2 Å². The van der Waals surface area contributed by atoms with Gasteiger partial charge >= 0.3 is 0 Å². The van der Waals surface area contributed by atoms with Gasteiger partial charge in [-0.3, -0.25) is 9.59 Å². The van der Waals surface area contributed by atoms with E-state index in [0.717, 1.165) is 11.1 Å². The molecule has 2 N–H and O–H groups in total. The van der Waals surface area contributed by atoms with Gasteiger partial charge in [0.15, 0.2) is 0 Å². The molecule has 0 atom stereocenters. The molecule has 0 aliphatic carbocycles. The lowest BCUT2D eigenvalue weighted by Gasteiger charge is -2.06. The first-order valence-corrected chi connectivity index (χ1v) is 10.4. The highest BCUT2D eigenvalue weighted by Crippen LogP contribution is 2.16. The van der Waals surface area contributed by atoms with Gasteiger partial charge in [0.05, 0.1) is 12.4 Å². The van der Waals surface area contributed by atoms with E-state index in [4.69, 9.17) is 9.47 Å². The first-order chi connectivity index (χ1) is 16.1. The van der Waals surface area contributed by atoms with Crippen LogP contribution in [0.15, 0.2) is 84.0 Å². The van der Waals surface area contributed by atoms with Gasteiger partial charge in [-0.25, -0.2) is 10.9 Å². The molecule has 8 nitrogen and oxygen atoms in total. The second-order valence-corrected chi connectivity index (χ2v) is 6.71. The zero-order valence-electron chi connectivity index (χ0n) is 18.4. The highest BCUT2D eigenvalue weighted by molar-refractivity contribution is 5.86. The zero-order chi connectivity index (χ0) is 23.7. The molecular weight excluding hydrogens is 420 g/mol. The number of amides is 2. The van der Waals surface area contributed by atoms with E-state index in [1.807, 2.05) is 36.4 Å². The summed E-state index contributed by atoms with van der Waals surface area (Å²) in [5.74, 6) is 0.700. The van der Waals surface area contributed by atoms with Gasteiger partial charge in [-0.1, -0.05) is 49.6 Å². The van der Waals surface area contributed by atoms with Crippen molar-refractivity contribution in [1.82, 2.24) is 10.9 Å². The smallest absolute Gasteiger partial charge is 0.240 e. The number of hydrogen-bond donors (Lipinski definition) is 2. The van der Waals surface area contributed by atoms with Crippen molar-refractivity contribution in [2.45, 2.75) is 19.3 Å². The van der Waals surface area contributed by atoms with Gasteiger partial charge in [0.1, 0.15) is 24.7 Å². The molecule has 0 aromatic heterocycles. The molecule has 2 aromatic carbocycles. The van der Waals surface area contributed by atoms with Crippen molar-refractivity contribution in [3.63, 3.8) is 0 Å². The number of nitrogens with one attached hydrogen (secondary N) is 2. The third-order valence-electron chi connectivity index (χ3n) is 4.14. The SMILES string of the molecule is C=CCOc1ccccc1/C=N/NC(=O)CCCC(=O)N/N=C/c1ccccc1OCC=C. The number of rotatable bonds is 14. The van der Waals surface area contributed by atoms with E-state index in [1.54, 1.807) is 24.3 Å². The maximum absolute atomic E-state index is 11.9. The maximum Gasteiger partial charge on any atom is 0.240 e. The van der Waals surface area contributed by atoms with E-state index in [9.17, 15) is 9.59 Å². The van der Waals surface area contributed by atoms with Crippen molar-refractivity contribution in [2.24, 2.45) is 10.2 Å². The number of hydrazone groups is 2. The van der Waals surface area contributed by atoms with Crippen molar-refractivity contribution in [3.05, 3.63) is 85.0 Å². The molecule has 8 heteroatoms. The minimum atomic E-state index is -0.291. The molecule has 0 spiro atoms. The van der Waals surface area contributed by atoms with Crippen LogP contribution in [0.2, 0.25) is 0 Å². The number of ether oxygens (including phenoxy) is 2. The molecule has 33 heavy (non-hydrogen) atoms. The van der Waals surface area contributed by atoms with Crippen molar-refractivity contribution in [3.8, 4) is 11.5 Å². The number of carbonyl (C=O) groups excluding carboxylic acids is 2. The third-order valence-corrected chi connectivity index (χ3v) is 4.14. The lowest BCUT2D eigenvalue weighted by atomic mass is 10.2. The van der Waals surface area contributed by atoms with E-state index in [0.29, 0.717) is 31.1 Å². The van der Waals surface area contributed by atoms with Crippen LogP contribution in [-0.4, -0.2) is 37.5 Å². The van der Waals surface area contributed by atoms with Crippen LogP contribution in [0.5, 0.6) is 11.5 Å². The highest BCUT2D eigenvalue weighted by atomic mass is 16.5. The molecule has 172 valence electrons. The topological polar surface area (TPSA) is 101 Å². The molecule has 0 saturated carbocycles. The standard InChI is InChI=1S/C25H28N4O4/c1-3-16-32-22-12-7-5-10-20(22)18-26-28-24(30)14-9-15-25(31)29-27-19-21-11-6-8-13-23(21)33-17-4-2/h3-8,10-13,18-19H,1-2,9,14-17H2,(H,28,30)(H,29,31)/b26-18+,27-19+. The normalized spacial score (nSPS) is 10.7.